The minimum atomic E-state index is -0.0432. The smallest absolute Gasteiger partial charge is 0.170 e. The van der Waals surface area contributed by atoms with Crippen LogP contribution >= 0.6 is 0 Å². The standard InChI is InChI=1S/C20H18N6/c1-3-9-16(10-4-1)20(18-13-7-8-14-21-18)22-15-19-23-24-25-26(19)17-11-5-2-6-12-17/h1-14,20,22H,15H2/t20-/m1/s1. The van der Waals surface area contributed by atoms with Crippen LogP contribution < -0.4 is 5.32 Å². The number of nitrogens with one attached hydrogen (secondary N) is 1. The number of hydrogen-bond acceptors (Lipinski definition) is 5. The van der Waals surface area contributed by atoms with Crippen LogP contribution in [0.5, 0.6) is 0 Å². The highest BCUT2D eigenvalue weighted by Gasteiger charge is 2.16. The number of nitrogens with zero attached hydrogens (tertiary/aromatic N) is 5. The number of aromatic nitrogens is 5. The third kappa shape index (κ3) is 3.50. The molecule has 0 saturated carbocycles. The molecule has 0 saturated heterocycles. The van der Waals surface area contributed by atoms with E-state index in [2.05, 4.69) is 38.0 Å². The van der Waals surface area contributed by atoms with Gasteiger partial charge in [-0.05, 0) is 40.3 Å². The molecule has 1 N–H and O–H groups in total. The van der Waals surface area contributed by atoms with Gasteiger partial charge in [0, 0.05) is 6.20 Å². The topological polar surface area (TPSA) is 68.5 Å². The highest BCUT2D eigenvalue weighted by atomic mass is 15.5. The van der Waals surface area contributed by atoms with E-state index in [1.807, 2.05) is 66.7 Å². The molecule has 0 aliphatic carbocycles. The van der Waals surface area contributed by atoms with E-state index in [0.717, 1.165) is 22.8 Å². The fourth-order valence-corrected chi connectivity index (χ4v) is 2.86. The van der Waals surface area contributed by atoms with Gasteiger partial charge in [-0.15, -0.1) is 5.10 Å². The Bertz CT molecular complexity index is 898. The van der Waals surface area contributed by atoms with E-state index >= 15 is 0 Å². The number of tetrazole rings is 1. The molecule has 2 aromatic carbocycles. The summed E-state index contributed by atoms with van der Waals surface area (Å²) in [5, 5.41) is 15.6. The Labute approximate surface area is 151 Å². The molecule has 2 aromatic heterocycles. The average molecular weight is 342 g/mol. The van der Waals surface area contributed by atoms with Crippen LogP contribution in [-0.4, -0.2) is 25.2 Å². The van der Waals surface area contributed by atoms with Crippen molar-refractivity contribution in [1.29, 1.82) is 0 Å². The van der Waals surface area contributed by atoms with Gasteiger partial charge in [0.1, 0.15) is 0 Å². The zero-order chi connectivity index (χ0) is 17.6. The lowest BCUT2D eigenvalue weighted by Crippen LogP contribution is -2.24. The van der Waals surface area contributed by atoms with Gasteiger partial charge >= 0.3 is 0 Å². The second-order valence-corrected chi connectivity index (χ2v) is 5.82. The number of para-hydroxylation sites is 1. The first-order valence-electron chi connectivity index (χ1n) is 8.44. The van der Waals surface area contributed by atoms with Gasteiger partial charge in [-0.3, -0.25) is 10.3 Å². The van der Waals surface area contributed by atoms with Gasteiger partial charge in [-0.2, -0.15) is 4.68 Å². The lowest BCUT2D eigenvalue weighted by molar-refractivity contribution is 0.565. The second kappa shape index (κ2) is 7.67. The van der Waals surface area contributed by atoms with E-state index in [1.165, 1.54) is 0 Å². The van der Waals surface area contributed by atoms with Crippen molar-refractivity contribution in [3.05, 3.63) is 102 Å². The van der Waals surface area contributed by atoms with Crippen molar-refractivity contribution in [3.8, 4) is 5.69 Å². The van der Waals surface area contributed by atoms with Crippen LogP contribution in [0.4, 0.5) is 0 Å². The molecule has 0 bridgehead atoms. The van der Waals surface area contributed by atoms with Crippen LogP contribution in [0.2, 0.25) is 0 Å². The second-order valence-electron chi connectivity index (χ2n) is 5.82. The molecule has 0 aliphatic rings. The molecule has 4 rings (SSSR count). The summed E-state index contributed by atoms with van der Waals surface area (Å²) < 4.78 is 1.74. The molecule has 6 heteroatoms. The third-order valence-electron chi connectivity index (χ3n) is 4.12. The van der Waals surface area contributed by atoms with Crippen molar-refractivity contribution in [2.45, 2.75) is 12.6 Å². The van der Waals surface area contributed by atoms with Crippen molar-refractivity contribution in [2.75, 3.05) is 0 Å². The van der Waals surface area contributed by atoms with Crippen LogP contribution in [0, 0.1) is 0 Å². The molecule has 0 spiro atoms. The molecule has 1 atom stereocenters. The molecule has 128 valence electrons. The van der Waals surface area contributed by atoms with Gasteiger partial charge in [-0.1, -0.05) is 54.6 Å². The summed E-state index contributed by atoms with van der Waals surface area (Å²) in [5.74, 6) is 0.744. The van der Waals surface area contributed by atoms with Crippen LogP contribution in [0.3, 0.4) is 0 Å². The maximum absolute atomic E-state index is 4.52. The predicted octanol–water partition coefficient (Wildman–Crippen LogP) is 2.94. The molecule has 0 radical (unpaired) electrons. The Morgan fingerprint density at radius 1 is 0.846 bits per heavy atom. The lowest BCUT2D eigenvalue weighted by Gasteiger charge is -2.18. The summed E-state index contributed by atoms with van der Waals surface area (Å²) in [6, 6.07) is 26.0. The molecule has 0 aliphatic heterocycles. The summed E-state index contributed by atoms with van der Waals surface area (Å²) in [7, 11) is 0. The van der Waals surface area contributed by atoms with Crippen LogP contribution in [0.1, 0.15) is 23.1 Å². The van der Waals surface area contributed by atoms with Crippen molar-refractivity contribution >= 4 is 0 Å². The highest BCUT2D eigenvalue weighted by Crippen LogP contribution is 2.20. The van der Waals surface area contributed by atoms with Crippen LogP contribution in [0.15, 0.2) is 85.1 Å². The quantitative estimate of drug-likeness (QED) is 0.583. The molecular weight excluding hydrogens is 324 g/mol. The third-order valence-corrected chi connectivity index (χ3v) is 4.12. The monoisotopic (exact) mass is 342 g/mol. The molecule has 6 nitrogen and oxygen atoms in total. The van der Waals surface area contributed by atoms with E-state index in [0.29, 0.717) is 6.54 Å². The van der Waals surface area contributed by atoms with Gasteiger partial charge in [0.25, 0.3) is 0 Å². The van der Waals surface area contributed by atoms with Crippen molar-refractivity contribution in [2.24, 2.45) is 0 Å². The molecule has 0 fully saturated rings. The van der Waals surface area contributed by atoms with Gasteiger partial charge in [0.2, 0.25) is 0 Å². The van der Waals surface area contributed by atoms with Gasteiger partial charge in [0.05, 0.1) is 24.0 Å². The fourth-order valence-electron chi connectivity index (χ4n) is 2.86. The van der Waals surface area contributed by atoms with E-state index < -0.39 is 0 Å². The maximum atomic E-state index is 4.52. The fraction of sp³-hybridized carbons (Fsp3) is 0.100. The Kier molecular flexibility index (Phi) is 4.75. The zero-order valence-electron chi connectivity index (χ0n) is 14.1. The van der Waals surface area contributed by atoms with E-state index in [9.17, 15) is 0 Å². The maximum Gasteiger partial charge on any atom is 0.170 e. The SMILES string of the molecule is c1ccc([C@@H](NCc2nnnn2-c2ccccc2)c2ccccn2)cc1. The number of hydrogen-bond donors (Lipinski definition) is 1. The van der Waals surface area contributed by atoms with Gasteiger partial charge < -0.3 is 0 Å². The van der Waals surface area contributed by atoms with Crippen LogP contribution in [0.25, 0.3) is 5.69 Å². The Balaban J connectivity index is 1.60. The number of benzene rings is 2. The molecule has 0 amide bonds. The predicted molar refractivity (Wildman–Crippen MR) is 98.5 cm³/mol. The normalized spacial score (nSPS) is 12.0. The van der Waals surface area contributed by atoms with Crippen LogP contribution in [-0.2, 0) is 6.54 Å². The average Bonchev–Trinajstić information content (AvgIpc) is 3.19. The lowest BCUT2D eigenvalue weighted by atomic mass is 10.0. The van der Waals surface area contributed by atoms with Gasteiger partial charge in [0.15, 0.2) is 5.82 Å². The Morgan fingerprint density at radius 3 is 2.31 bits per heavy atom. The van der Waals surface area contributed by atoms with E-state index in [1.54, 1.807) is 10.9 Å². The summed E-state index contributed by atoms with van der Waals surface area (Å²) in [5.41, 5.74) is 3.03. The first-order chi connectivity index (χ1) is 12.9. The highest BCUT2D eigenvalue weighted by molar-refractivity contribution is 5.31. The molecule has 26 heavy (non-hydrogen) atoms. The molecule has 4 aromatic rings. The zero-order valence-corrected chi connectivity index (χ0v) is 14.1. The summed E-state index contributed by atoms with van der Waals surface area (Å²) in [6.45, 7) is 0.512. The van der Waals surface area contributed by atoms with Crippen molar-refractivity contribution in [1.82, 2.24) is 30.5 Å². The summed E-state index contributed by atoms with van der Waals surface area (Å²) in [4.78, 5) is 4.52. The van der Waals surface area contributed by atoms with Crippen molar-refractivity contribution in [3.63, 3.8) is 0 Å². The summed E-state index contributed by atoms with van der Waals surface area (Å²) >= 11 is 0. The van der Waals surface area contributed by atoms with Crippen molar-refractivity contribution < 1.29 is 0 Å². The molecule has 0 unspecified atom stereocenters. The first-order valence-corrected chi connectivity index (χ1v) is 8.44. The molecule has 2 heterocycles. The first kappa shape index (κ1) is 16.1. The largest absolute Gasteiger partial charge is 0.298 e. The Morgan fingerprint density at radius 2 is 1.58 bits per heavy atom. The van der Waals surface area contributed by atoms with Gasteiger partial charge in [-0.25, -0.2) is 0 Å². The number of rotatable bonds is 6. The molecular formula is C20H18N6. The van der Waals surface area contributed by atoms with E-state index in [-0.39, 0.29) is 6.04 Å². The Hall–Kier alpha value is -3.38. The van der Waals surface area contributed by atoms with E-state index in [4.69, 9.17) is 0 Å². The minimum absolute atomic E-state index is 0.0432. The summed E-state index contributed by atoms with van der Waals surface area (Å²) in [6.07, 6.45) is 1.81. The number of pyridine rings is 1. The minimum Gasteiger partial charge on any atom is -0.298 e.